The lowest BCUT2D eigenvalue weighted by molar-refractivity contribution is -0.153. The van der Waals surface area contributed by atoms with Gasteiger partial charge in [0.15, 0.2) is 0 Å². The fourth-order valence-electron chi connectivity index (χ4n) is 4.09. The zero-order valence-electron chi connectivity index (χ0n) is 19.1. The average molecular weight is 407 g/mol. The number of carbonyl (C=O) groups excluding carboxylic acids is 2. The van der Waals surface area contributed by atoms with Gasteiger partial charge in [0.25, 0.3) is 0 Å². The third kappa shape index (κ3) is 15.4. The molecule has 1 atom stereocenters. The van der Waals surface area contributed by atoms with E-state index < -0.39 is 0 Å². The largest absolute Gasteiger partial charge is 0.393 e. The number of hydrogen-bond acceptors (Lipinski definition) is 3. The van der Waals surface area contributed by atoms with E-state index in [0.717, 1.165) is 19.3 Å². The molecule has 1 saturated heterocycles. The zero-order chi connectivity index (χ0) is 21.0. The van der Waals surface area contributed by atoms with Gasteiger partial charge in [-0.2, -0.15) is 0 Å². The fraction of sp³-hybridized carbons (Fsp3) is 0.846. The van der Waals surface area contributed by atoms with E-state index in [-0.39, 0.29) is 24.3 Å². The van der Waals surface area contributed by atoms with Crippen LogP contribution in [0.5, 0.6) is 0 Å². The Morgan fingerprint density at radius 2 is 1.14 bits per heavy atom. The maximum absolute atomic E-state index is 11.4. The second-order valence-corrected chi connectivity index (χ2v) is 8.83. The Balaban J connectivity index is 1.73. The van der Waals surface area contributed by atoms with Gasteiger partial charge in [0.1, 0.15) is 0 Å². The lowest BCUT2D eigenvalue weighted by Gasteiger charge is -2.03. The van der Waals surface area contributed by atoms with Gasteiger partial charge in [0.2, 0.25) is 0 Å². The Kier molecular flexibility index (Phi) is 16.9. The van der Waals surface area contributed by atoms with Crippen molar-refractivity contribution in [2.45, 2.75) is 135 Å². The highest BCUT2D eigenvalue weighted by Crippen LogP contribution is 2.21. The summed E-state index contributed by atoms with van der Waals surface area (Å²) in [5.74, 6) is -0.869. The minimum atomic E-state index is -0.358. The Bertz CT molecular complexity index is 441. The molecule has 0 saturated carbocycles. The Labute approximate surface area is 180 Å². The van der Waals surface area contributed by atoms with Gasteiger partial charge in [-0.3, -0.25) is 9.59 Å². The van der Waals surface area contributed by atoms with E-state index in [4.69, 9.17) is 0 Å². The third-order valence-corrected chi connectivity index (χ3v) is 6.03. The van der Waals surface area contributed by atoms with E-state index in [1.54, 1.807) is 0 Å². The van der Waals surface area contributed by atoms with Gasteiger partial charge in [0, 0.05) is 0 Å². The van der Waals surface area contributed by atoms with Crippen LogP contribution in [0.25, 0.3) is 0 Å². The lowest BCUT2D eigenvalue weighted by Crippen LogP contribution is -2.06. The minimum Gasteiger partial charge on any atom is -0.393 e. The van der Waals surface area contributed by atoms with Gasteiger partial charge < -0.3 is 4.74 Å². The van der Waals surface area contributed by atoms with E-state index in [0.29, 0.717) is 0 Å². The van der Waals surface area contributed by atoms with Crippen molar-refractivity contribution in [3.8, 4) is 0 Å². The smallest absolute Gasteiger partial charge is 0.317 e. The normalized spacial score (nSPS) is 16.8. The minimum absolute atomic E-state index is 0.188. The van der Waals surface area contributed by atoms with Crippen molar-refractivity contribution in [2.24, 2.45) is 5.92 Å². The molecule has 0 amide bonds. The molecule has 3 nitrogen and oxygen atoms in total. The van der Waals surface area contributed by atoms with Crippen LogP contribution < -0.4 is 0 Å². The monoisotopic (exact) mass is 406 g/mol. The first-order valence-corrected chi connectivity index (χ1v) is 12.6. The van der Waals surface area contributed by atoms with Crippen LogP contribution in [0.4, 0.5) is 0 Å². The predicted molar refractivity (Wildman–Crippen MR) is 122 cm³/mol. The van der Waals surface area contributed by atoms with Crippen molar-refractivity contribution < 1.29 is 14.3 Å². The molecule has 1 aliphatic rings. The molecule has 168 valence electrons. The van der Waals surface area contributed by atoms with E-state index in [1.165, 1.54) is 103 Å². The summed E-state index contributed by atoms with van der Waals surface area (Å²) in [4.78, 5) is 22.4. The molecule has 29 heavy (non-hydrogen) atoms. The van der Waals surface area contributed by atoms with Crippen LogP contribution in [0.1, 0.15) is 135 Å². The summed E-state index contributed by atoms with van der Waals surface area (Å²) in [7, 11) is 0. The van der Waals surface area contributed by atoms with E-state index in [9.17, 15) is 9.59 Å². The molecule has 0 aromatic rings. The molecule has 1 heterocycles. The average Bonchev–Trinajstić information content (AvgIpc) is 3.03. The highest BCUT2D eigenvalue weighted by atomic mass is 16.6. The number of rotatable bonds is 20. The topological polar surface area (TPSA) is 43.4 Å². The Morgan fingerprint density at radius 3 is 1.59 bits per heavy atom. The van der Waals surface area contributed by atoms with Crippen molar-refractivity contribution in [2.75, 3.05) is 0 Å². The van der Waals surface area contributed by atoms with Gasteiger partial charge in [-0.1, -0.05) is 109 Å². The second-order valence-electron chi connectivity index (χ2n) is 8.83. The molecule has 0 aromatic carbocycles. The maximum Gasteiger partial charge on any atom is 0.317 e. The Morgan fingerprint density at radius 1 is 0.690 bits per heavy atom. The summed E-state index contributed by atoms with van der Waals surface area (Å²) < 4.78 is 4.57. The van der Waals surface area contributed by atoms with Gasteiger partial charge in [-0.25, -0.2) is 0 Å². The molecule has 0 radical (unpaired) electrons. The molecule has 0 spiro atoms. The lowest BCUT2D eigenvalue weighted by atomic mass is 10.0. The third-order valence-electron chi connectivity index (χ3n) is 6.03. The van der Waals surface area contributed by atoms with E-state index in [1.807, 2.05) is 0 Å². The molecule has 1 fully saturated rings. The first kappa shape index (κ1) is 25.9. The van der Waals surface area contributed by atoms with Gasteiger partial charge in [0.05, 0.1) is 12.3 Å². The summed E-state index contributed by atoms with van der Waals surface area (Å²) >= 11 is 0. The van der Waals surface area contributed by atoms with Crippen LogP contribution in [-0.4, -0.2) is 11.9 Å². The number of ether oxygens (including phenoxy) is 1. The van der Waals surface area contributed by atoms with Crippen LogP contribution in [0.15, 0.2) is 12.2 Å². The number of cyclic esters (lactones) is 2. The van der Waals surface area contributed by atoms with Crippen molar-refractivity contribution in [3.05, 3.63) is 12.2 Å². The first-order chi connectivity index (χ1) is 14.2. The number of carbonyl (C=O) groups is 2. The molecule has 1 aliphatic heterocycles. The van der Waals surface area contributed by atoms with Crippen LogP contribution in [0, 0.1) is 5.92 Å². The first-order valence-electron chi connectivity index (χ1n) is 12.6. The SMILES string of the molecule is CCCCCCCCCCCCCCCCC/C=C/CCCC1CC(=O)OC1=O. The molecule has 1 rings (SSSR count). The number of hydrogen-bond donors (Lipinski definition) is 0. The standard InChI is InChI=1S/C26H46O3/c1-2-3-4-5-6-7-8-9-10-11-12-13-14-15-16-17-18-19-20-21-22-24-23-25(27)29-26(24)28/h18-19,24H,2-17,20-23H2,1H3/b19-18+. The van der Waals surface area contributed by atoms with Gasteiger partial charge >= 0.3 is 11.9 Å². The summed E-state index contributed by atoms with van der Waals surface area (Å²) in [5.41, 5.74) is 0. The molecular formula is C26H46O3. The summed E-state index contributed by atoms with van der Waals surface area (Å²) in [6, 6.07) is 0. The molecular weight excluding hydrogens is 360 g/mol. The molecule has 3 heteroatoms. The van der Waals surface area contributed by atoms with Crippen molar-refractivity contribution in [1.82, 2.24) is 0 Å². The quantitative estimate of drug-likeness (QED) is 0.0888. The van der Waals surface area contributed by atoms with Crippen molar-refractivity contribution in [1.29, 1.82) is 0 Å². The summed E-state index contributed by atoms with van der Waals surface area (Å²) in [6.45, 7) is 2.28. The highest BCUT2D eigenvalue weighted by Gasteiger charge is 2.32. The zero-order valence-corrected chi connectivity index (χ0v) is 19.1. The van der Waals surface area contributed by atoms with Crippen molar-refractivity contribution in [3.63, 3.8) is 0 Å². The Hall–Kier alpha value is -1.12. The van der Waals surface area contributed by atoms with Crippen LogP contribution in [0.2, 0.25) is 0 Å². The second kappa shape index (κ2) is 18.9. The summed E-state index contributed by atoms with van der Waals surface area (Å²) in [5, 5.41) is 0. The summed E-state index contributed by atoms with van der Waals surface area (Å²) in [6.07, 6.45) is 29.8. The molecule has 0 bridgehead atoms. The maximum atomic E-state index is 11.4. The molecule has 0 aromatic heterocycles. The molecule has 0 N–H and O–H groups in total. The number of esters is 2. The number of unbranched alkanes of at least 4 members (excludes halogenated alkanes) is 16. The molecule has 0 aliphatic carbocycles. The van der Waals surface area contributed by atoms with Crippen molar-refractivity contribution >= 4 is 11.9 Å². The van der Waals surface area contributed by atoms with E-state index >= 15 is 0 Å². The van der Waals surface area contributed by atoms with Crippen LogP contribution in [0.3, 0.4) is 0 Å². The number of allylic oxidation sites excluding steroid dienone is 2. The van der Waals surface area contributed by atoms with Gasteiger partial charge in [-0.15, -0.1) is 0 Å². The predicted octanol–water partition coefficient (Wildman–Crippen LogP) is 8.06. The van der Waals surface area contributed by atoms with Crippen LogP contribution in [-0.2, 0) is 14.3 Å². The molecule has 1 unspecified atom stereocenters. The highest BCUT2D eigenvalue weighted by molar-refractivity contribution is 5.94. The van der Waals surface area contributed by atoms with Crippen LogP contribution >= 0.6 is 0 Å². The fourth-order valence-corrected chi connectivity index (χ4v) is 4.09. The van der Waals surface area contributed by atoms with E-state index in [2.05, 4.69) is 23.8 Å². The van der Waals surface area contributed by atoms with Gasteiger partial charge in [-0.05, 0) is 32.1 Å².